The highest BCUT2D eigenvalue weighted by atomic mass is 32.2. The van der Waals surface area contributed by atoms with Crippen molar-refractivity contribution in [3.8, 4) is 0 Å². The number of anilines is 1. The third-order valence-electron chi connectivity index (χ3n) is 1.51. The van der Waals surface area contributed by atoms with Crippen molar-refractivity contribution in [2.75, 3.05) is 11.6 Å². The number of nitrogens with two attached hydrogens (primary N) is 1. The van der Waals surface area contributed by atoms with Crippen LogP contribution in [0.2, 0.25) is 0 Å². The molecule has 1 rings (SSSR count). The van der Waals surface area contributed by atoms with Crippen molar-refractivity contribution < 1.29 is 0 Å². The van der Waals surface area contributed by atoms with Gasteiger partial charge in [0.25, 0.3) is 0 Å². The first-order valence-electron chi connectivity index (χ1n) is 3.86. The number of thioether (sulfide) groups is 1. The molecular weight excluding hydrogens is 200 g/mol. The molecule has 0 unspecified atom stereocenters. The van der Waals surface area contributed by atoms with Gasteiger partial charge in [0, 0.05) is 11.4 Å². The quantitative estimate of drug-likeness (QED) is 0.753. The summed E-state index contributed by atoms with van der Waals surface area (Å²) in [6.07, 6.45) is 2.08. The molecule has 2 nitrogen and oxygen atoms in total. The standard InChI is InChI=1S/C9H12N2S2/c1-13-6-7-3-2-4-8(5-7)11-9(10)12/h2-5H,6H2,1H3,(H3,10,11,12). The summed E-state index contributed by atoms with van der Waals surface area (Å²) in [5, 5.41) is 3.21. The van der Waals surface area contributed by atoms with E-state index in [9.17, 15) is 0 Å². The van der Waals surface area contributed by atoms with Gasteiger partial charge in [0.1, 0.15) is 0 Å². The molecule has 1 aromatic rings. The molecule has 70 valence electrons. The van der Waals surface area contributed by atoms with Crippen molar-refractivity contribution in [3.63, 3.8) is 0 Å². The zero-order valence-corrected chi connectivity index (χ0v) is 9.04. The third kappa shape index (κ3) is 3.65. The largest absolute Gasteiger partial charge is 0.376 e. The van der Waals surface area contributed by atoms with Crippen LogP contribution in [-0.2, 0) is 5.75 Å². The molecule has 0 aliphatic heterocycles. The van der Waals surface area contributed by atoms with Crippen molar-refractivity contribution in [3.05, 3.63) is 29.8 Å². The van der Waals surface area contributed by atoms with Crippen LogP contribution in [-0.4, -0.2) is 11.4 Å². The first-order chi connectivity index (χ1) is 6.22. The predicted octanol–water partition coefficient (Wildman–Crippen LogP) is 2.21. The molecule has 0 bridgehead atoms. The average Bonchev–Trinajstić information content (AvgIpc) is 2.04. The van der Waals surface area contributed by atoms with E-state index in [0.717, 1.165) is 11.4 Å². The van der Waals surface area contributed by atoms with E-state index in [4.69, 9.17) is 18.0 Å². The molecule has 0 aliphatic carbocycles. The van der Waals surface area contributed by atoms with Gasteiger partial charge in [0.15, 0.2) is 5.11 Å². The van der Waals surface area contributed by atoms with Crippen LogP contribution in [0.1, 0.15) is 5.56 Å². The summed E-state index contributed by atoms with van der Waals surface area (Å²) in [5.74, 6) is 1.01. The molecule has 0 spiro atoms. The van der Waals surface area contributed by atoms with Crippen molar-refractivity contribution in [2.24, 2.45) is 5.73 Å². The van der Waals surface area contributed by atoms with Gasteiger partial charge in [0.2, 0.25) is 0 Å². The van der Waals surface area contributed by atoms with E-state index >= 15 is 0 Å². The fraction of sp³-hybridized carbons (Fsp3) is 0.222. The van der Waals surface area contributed by atoms with Gasteiger partial charge >= 0.3 is 0 Å². The summed E-state index contributed by atoms with van der Waals surface area (Å²) in [5.41, 5.74) is 7.59. The Morgan fingerprint density at radius 2 is 2.38 bits per heavy atom. The van der Waals surface area contributed by atoms with Crippen molar-refractivity contribution in [2.45, 2.75) is 5.75 Å². The highest BCUT2D eigenvalue weighted by Gasteiger charge is 1.95. The molecule has 0 fully saturated rings. The van der Waals surface area contributed by atoms with Crippen LogP contribution < -0.4 is 11.1 Å². The molecule has 0 amide bonds. The van der Waals surface area contributed by atoms with Gasteiger partial charge in [-0.3, -0.25) is 0 Å². The third-order valence-corrected chi connectivity index (χ3v) is 2.23. The summed E-state index contributed by atoms with van der Waals surface area (Å²) in [6, 6.07) is 8.08. The monoisotopic (exact) mass is 212 g/mol. The predicted molar refractivity (Wildman–Crippen MR) is 64.1 cm³/mol. The average molecular weight is 212 g/mol. The minimum atomic E-state index is 0.307. The number of nitrogens with one attached hydrogen (secondary N) is 1. The lowest BCUT2D eigenvalue weighted by atomic mass is 10.2. The smallest absolute Gasteiger partial charge is 0.168 e. The van der Waals surface area contributed by atoms with Gasteiger partial charge in [-0.25, -0.2) is 0 Å². The van der Waals surface area contributed by atoms with Crippen molar-refractivity contribution in [1.29, 1.82) is 0 Å². The van der Waals surface area contributed by atoms with Crippen LogP contribution in [0.15, 0.2) is 24.3 Å². The van der Waals surface area contributed by atoms with Crippen LogP contribution in [0.25, 0.3) is 0 Å². The van der Waals surface area contributed by atoms with Crippen LogP contribution in [0.3, 0.4) is 0 Å². The first kappa shape index (κ1) is 10.3. The Bertz CT molecular complexity index is 299. The lowest BCUT2D eigenvalue weighted by Crippen LogP contribution is -2.18. The first-order valence-corrected chi connectivity index (χ1v) is 5.67. The number of thiocarbonyl (C=S) groups is 1. The molecule has 0 saturated heterocycles. The maximum atomic E-state index is 5.36. The summed E-state index contributed by atoms with van der Waals surface area (Å²) in [4.78, 5) is 0. The number of rotatable bonds is 3. The Hall–Kier alpha value is -0.740. The summed E-state index contributed by atoms with van der Waals surface area (Å²) >= 11 is 6.54. The maximum Gasteiger partial charge on any atom is 0.168 e. The topological polar surface area (TPSA) is 38.0 Å². The fourth-order valence-corrected chi connectivity index (χ4v) is 1.68. The Balaban J connectivity index is 2.73. The van der Waals surface area contributed by atoms with Gasteiger partial charge in [-0.15, -0.1) is 0 Å². The molecule has 0 aromatic heterocycles. The van der Waals surface area contributed by atoms with E-state index in [2.05, 4.69) is 23.7 Å². The molecule has 4 heteroatoms. The van der Waals surface area contributed by atoms with E-state index in [1.807, 2.05) is 12.1 Å². The molecule has 0 saturated carbocycles. The van der Waals surface area contributed by atoms with Gasteiger partial charge in [-0.2, -0.15) is 11.8 Å². The molecule has 0 aliphatic rings. The fourth-order valence-electron chi connectivity index (χ4n) is 1.05. The second-order valence-electron chi connectivity index (χ2n) is 2.62. The van der Waals surface area contributed by atoms with Crippen LogP contribution in [0.4, 0.5) is 5.69 Å². The van der Waals surface area contributed by atoms with Gasteiger partial charge < -0.3 is 11.1 Å². The maximum absolute atomic E-state index is 5.36. The molecular formula is C9H12N2S2. The van der Waals surface area contributed by atoms with Gasteiger partial charge in [0.05, 0.1) is 0 Å². The zero-order valence-electron chi connectivity index (χ0n) is 7.41. The molecule has 0 heterocycles. The minimum absolute atomic E-state index is 0.307. The Labute approximate surface area is 87.9 Å². The SMILES string of the molecule is CSCc1cccc(NC(N)=S)c1. The molecule has 3 N–H and O–H groups in total. The molecule has 0 radical (unpaired) electrons. The Morgan fingerprint density at radius 1 is 1.62 bits per heavy atom. The second kappa shape index (κ2) is 5.09. The summed E-state index contributed by atoms with van der Waals surface area (Å²) < 4.78 is 0. The lowest BCUT2D eigenvalue weighted by molar-refractivity contribution is 1.41. The van der Waals surface area contributed by atoms with E-state index in [-0.39, 0.29) is 0 Å². The molecule has 1 aromatic carbocycles. The highest BCUT2D eigenvalue weighted by Crippen LogP contribution is 2.14. The summed E-state index contributed by atoms with van der Waals surface area (Å²) in [6.45, 7) is 0. The minimum Gasteiger partial charge on any atom is -0.376 e. The van der Waals surface area contributed by atoms with Crippen LogP contribution in [0.5, 0.6) is 0 Å². The van der Waals surface area contributed by atoms with Gasteiger partial charge in [-0.1, -0.05) is 12.1 Å². The Kier molecular flexibility index (Phi) is 4.05. The van der Waals surface area contributed by atoms with Gasteiger partial charge in [-0.05, 0) is 36.2 Å². The zero-order chi connectivity index (χ0) is 9.68. The van der Waals surface area contributed by atoms with E-state index in [1.54, 1.807) is 11.8 Å². The van der Waals surface area contributed by atoms with Crippen LogP contribution in [0, 0.1) is 0 Å². The van der Waals surface area contributed by atoms with E-state index in [0.29, 0.717) is 5.11 Å². The lowest BCUT2D eigenvalue weighted by Gasteiger charge is -2.05. The number of benzene rings is 1. The van der Waals surface area contributed by atoms with E-state index in [1.165, 1.54) is 5.56 Å². The number of hydrogen-bond acceptors (Lipinski definition) is 2. The normalized spacial score (nSPS) is 9.62. The van der Waals surface area contributed by atoms with E-state index < -0.39 is 0 Å². The number of hydrogen-bond donors (Lipinski definition) is 2. The highest BCUT2D eigenvalue weighted by molar-refractivity contribution is 7.97. The van der Waals surface area contributed by atoms with Crippen LogP contribution >= 0.6 is 24.0 Å². The summed E-state index contributed by atoms with van der Waals surface area (Å²) in [7, 11) is 0. The Morgan fingerprint density at radius 3 is 3.00 bits per heavy atom. The molecule has 0 atom stereocenters. The van der Waals surface area contributed by atoms with Crippen molar-refractivity contribution in [1.82, 2.24) is 0 Å². The second-order valence-corrected chi connectivity index (χ2v) is 3.93. The molecule has 13 heavy (non-hydrogen) atoms. The van der Waals surface area contributed by atoms with Crippen molar-refractivity contribution >= 4 is 34.8 Å².